The van der Waals surface area contributed by atoms with Crippen LogP contribution in [-0.4, -0.2) is 55.6 Å². The molecule has 4 aromatic rings. The number of nitrogens with zero attached hydrogens (tertiary/aromatic N) is 6. The van der Waals surface area contributed by atoms with Gasteiger partial charge in [0.2, 0.25) is 5.95 Å². The number of likely N-dealkylation sites (N-methyl/N-ethyl adjacent to an activating group) is 1. The highest BCUT2D eigenvalue weighted by Crippen LogP contribution is 2.37. The number of imidazole rings is 1. The molecule has 0 amide bonds. The number of nitrogens with one attached hydrogen (secondary N) is 1. The van der Waals surface area contributed by atoms with Crippen molar-refractivity contribution >= 4 is 40.2 Å². The monoisotopic (exact) mass is 546 g/mol. The predicted octanol–water partition coefficient (Wildman–Crippen LogP) is 4.20. The van der Waals surface area contributed by atoms with E-state index in [1.54, 1.807) is 11.6 Å². The largest absolute Gasteiger partial charge is 0.488 e. The lowest BCUT2D eigenvalue weighted by molar-refractivity contribution is -0.137. The Kier molecular flexibility index (Phi) is 6.71. The number of aromatic nitrogens is 5. The highest BCUT2D eigenvalue weighted by Gasteiger charge is 2.33. The van der Waals surface area contributed by atoms with Crippen molar-refractivity contribution in [2.24, 2.45) is 12.8 Å². The molecule has 1 aliphatic heterocycles. The van der Waals surface area contributed by atoms with E-state index in [0.29, 0.717) is 24.3 Å². The van der Waals surface area contributed by atoms with Gasteiger partial charge in [-0.1, -0.05) is 11.6 Å². The topological polar surface area (TPSA) is 116 Å². The molecule has 0 unspecified atom stereocenters. The van der Waals surface area contributed by atoms with Crippen molar-refractivity contribution in [1.82, 2.24) is 29.4 Å². The number of fused-ring (bicyclic) bond motifs is 1. The maximum absolute atomic E-state index is 13.6. The van der Waals surface area contributed by atoms with E-state index in [1.807, 2.05) is 11.9 Å². The Morgan fingerprint density at radius 2 is 1.95 bits per heavy atom. The molecule has 38 heavy (non-hydrogen) atoms. The first-order chi connectivity index (χ1) is 18.1. The Labute approximate surface area is 219 Å². The van der Waals surface area contributed by atoms with E-state index in [2.05, 4.69) is 25.3 Å². The lowest BCUT2D eigenvalue weighted by atomic mass is 10.1. The fourth-order valence-corrected chi connectivity index (χ4v) is 4.25. The number of benzene rings is 1. The SMILES string of the molecule is CN1CC(Oc2cc(Nc3nc4ncc(O/C(=C/N)c5cnccn5)c(Cl)c4n3C)cc(C(F)(F)F)c2)C1. The molecule has 1 aliphatic rings. The van der Waals surface area contributed by atoms with Gasteiger partial charge in [-0.25, -0.2) is 9.97 Å². The second kappa shape index (κ2) is 9.99. The van der Waals surface area contributed by atoms with Gasteiger partial charge >= 0.3 is 6.18 Å². The van der Waals surface area contributed by atoms with Crippen LogP contribution in [0.3, 0.4) is 0 Å². The molecule has 4 heterocycles. The number of rotatable bonds is 7. The summed E-state index contributed by atoms with van der Waals surface area (Å²) in [4.78, 5) is 18.8. The highest BCUT2D eigenvalue weighted by molar-refractivity contribution is 6.36. The van der Waals surface area contributed by atoms with E-state index >= 15 is 0 Å². The van der Waals surface area contributed by atoms with Gasteiger partial charge in [-0.2, -0.15) is 18.2 Å². The van der Waals surface area contributed by atoms with E-state index in [0.717, 1.165) is 12.1 Å². The molecule has 0 spiro atoms. The molecule has 10 nitrogen and oxygen atoms in total. The minimum atomic E-state index is -4.56. The zero-order valence-electron chi connectivity index (χ0n) is 20.2. The molecule has 0 bridgehead atoms. The van der Waals surface area contributed by atoms with Crippen LogP contribution in [0.2, 0.25) is 5.02 Å². The number of hydrogen-bond acceptors (Lipinski definition) is 9. The number of pyridine rings is 1. The third kappa shape index (κ3) is 5.15. The minimum Gasteiger partial charge on any atom is -0.488 e. The van der Waals surface area contributed by atoms with Crippen LogP contribution in [0.5, 0.6) is 11.5 Å². The first-order valence-electron chi connectivity index (χ1n) is 11.3. The number of halogens is 4. The maximum Gasteiger partial charge on any atom is 0.416 e. The van der Waals surface area contributed by atoms with Crippen LogP contribution in [0.15, 0.2) is 49.2 Å². The summed E-state index contributed by atoms with van der Waals surface area (Å²) in [6.45, 7) is 1.27. The van der Waals surface area contributed by atoms with Crippen molar-refractivity contribution in [2.45, 2.75) is 12.3 Å². The summed E-state index contributed by atoms with van der Waals surface area (Å²) < 4.78 is 54.0. The Morgan fingerprint density at radius 1 is 1.16 bits per heavy atom. The smallest absolute Gasteiger partial charge is 0.416 e. The van der Waals surface area contributed by atoms with Gasteiger partial charge in [0, 0.05) is 50.5 Å². The number of alkyl halides is 3. The predicted molar refractivity (Wildman–Crippen MR) is 135 cm³/mol. The quantitative estimate of drug-likeness (QED) is 0.329. The van der Waals surface area contributed by atoms with E-state index in [1.165, 1.54) is 37.1 Å². The fourth-order valence-electron chi connectivity index (χ4n) is 3.95. The first kappa shape index (κ1) is 25.5. The number of nitrogens with two attached hydrogens (primary N) is 1. The average molecular weight is 547 g/mol. The minimum absolute atomic E-state index is 0.108. The van der Waals surface area contributed by atoms with Crippen LogP contribution in [-0.2, 0) is 13.2 Å². The van der Waals surface area contributed by atoms with Gasteiger partial charge in [0.1, 0.15) is 28.1 Å². The first-order valence-corrected chi connectivity index (χ1v) is 11.7. The Bertz CT molecular complexity index is 1500. The average Bonchev–Trinajstić information content (AvgIpc) is 3.18. The molecule has 1 fully saturated rings. The molecular weight excluding hydrogens is 525 g/mol. The van der Waals surface area contributed by atoms with Gasteiger partial charge in [0.25, 0.3) is 0 Å². The Balaban J connectivity index is 1.45. The maximum atomic E-state index is 13.6. The van der Waals surface area contributed by atoms with Crippen molar-refractivity contribution in [3.63, 3.8) is 0 Å². The summed E-state index contributed by atoms with van der Waals surface area (Å²) in [5, 5.41) is 3.10. The lowest BCUT2D eigenvalue weighted by Gasteiger charge is -2.36. The molecule has 0 atom stereocenters. The summed E-state index contributed by atoms with van der Waals surface area (Å²) in [7, 11) is 3.55. The molecule has 0 aliphatic carbocycles. The summed E-state index contributed by atoms with van der Waals surface area (Å²) in [6.07, 6.45) is 2.31. The van der Waals surface area contributed by atoms with Crippen molar-refractivity contribution in [1.29, 1.82) is 0 Å². The molecule has 3 N–H and O–H groups in total. The number of hydrogen-bond donors (Lipinski definition) is 2. The number of ether oxygens (including phenoxy) is 2. The summed E-state index contributed by atoms with van der Waals surface area (Å²) in [5.41, 5.74) is 6.03. The highest BCUT2D eigenvalue weighted by atomic mass is 35.5. The van der Waals surface area contributed by atoms with Gasteiger partial charge < -0.3 is 25.1 Å². The molecule has 3 aromatic heterocycles. The zero-order chi connectivity index (χ0) is 27.0. The summed E-state index contributed by atoms with van der Waals surface area (Å²) >= 11 is 6.62. The molecular formula is C24H22ClF3N8O2. The van der Waals surface area contributed by atoms with E-state index < -0.39 is 11.7 Å². The third-order valence-corrected chi connectivity index (χ3v) is 6.18. The normalized spacial score (nSPS) is 14.9. The van der Waals surface area contributed by atoms with Crippen molar-refractivity contribution in [3.05, 3.63) is 65.5 Å². The second-order valence-corrected chi connectivity index (χ2v) is 9.03. The van der Waals surface area contributed by atoms with Crippen molar-refractivity contribution in [3.8, 4) is 11.5 Å². The van der Waals surface area contributed by atoms with Gasteiger partial charge in [0.05, 0.1) is 18.0 Å². The number of likely N-dealkylation sites (tertiary alicyclic amines) is 1. The standard InChI is InChI=1S/C24H22ClF3N8O2/c1-35-11-16(12-35)37-15-6-13(24(26,27)28)5-14(7-15)33-23-34-22-21(36(23)2)20(25)19(10-32-22)38-18(8-29)17-9-30-3-4-31-17/h3-10,16H,11-12,29H2,1-2H3,(H,32,33,34)/b18-8+. The molecule has 0 saturated carbocycles. The van der Waals surface area contributed by atoms with E-state index in [9.17, 15) is 13.2 Å². The van der Waals surface area contributed by atoms with Crippen molar-refractivity contribution < 1.29 is 22.6 Å². The van der Waals surface area contributed by atoms with Crippen LogP contribution in [0.4, 0.5) is 24.8 Å². The van der Waals surface area contributed by atoms with Gasteiger partial charge in [0.15, 0.2) is 17.2 Å². The van der Waals surface area contributed by atoms with Crippen LogP contribution in [0.1, 0.15) is 11.3 Å². The molecule has 1 saturated heterocycles. The van der Waals surface area contributed by atoms with Crippen LogP contribution in [0.25, 0.3) is 16.9 Å². The molecule has 0 radical (unpaired) electrons. The van der Waals surface area contributed by atoms with Gasteiger partial charge in [-0.05, 0) is 19.2 Å². The van der Waals surface area contributed by atoms with E-state index in [4.69, 9.17) is 26.8 Å². The Hall–Kier alpha value is -4.10. The molecule has 1 aromatic carbocycles. The molecule has 14 heteroatoms. The third-order valence-electron chi connectivity index (χ3n) is 5.82. The van der Waals surface area contributed by atoms with Crippen molar-refractivity contribution in [2.75, 3.05) is 25.5 Å². The lowest BCUT2D eigenvalue weighted by Crippen LogP contribution is -2.51. The number of aryl methyl sites for hydroxylation is 1. The summed E-state index contributed by atoms with van der Waals surface area (Å²) in [5.74, 6) is 0.701. The van der Waals surface area contributed by atoms with Crippen LogP contribution in [0, 0.1) is 0 Å². The second-order valence-electron chi connectivity index (χ2n) is 8.66. The fraction of sp³-hybridized carbons (Fsp3) is 0.250. The summed E-state index contributed by atoms with van der Waals surface area (Å²) in [6, 6.07) is 3.47. The van der Waals surface area contributed by atoms with Crippen LogP contribution < -0.4 is 20.5 Å². The molecule has 5 rings (SSSR count). The van der Waals surface area contributed by atoms with Crippen LogP contribution >= 0.6 is 11.6 Å². The number of anilines is 2. The van der Waals surface area contributed by atoms with E-state index in [-0.39, 0.29) is 45.7 Å². The Morgan fingerprint density at radius 3 is 2.61 bits per heavy atom. The zero-order valence-corrected chi connectivity index (χ0v) is 21.0. The van der Waals surface area contributed by atoms with Gasteiger partial charge in [-0.3, -0.25) is 9.88 Å². The van der Waals surface area contributed by atoms with Gasteiger partial charge in [-0.15, -0.1) is 0 Å². The molecule has 198 valence electrons.